The first-order valence-electron chi connectivity index (χ1n) is 7.78. The van der Waals surface area contributed by atoms with E-state index in [1.165, 1.54) is 31.2 Å². The van der Waals surface area contributed by atoms with E-state index in [-0.39, 0.29) is 0 Å². The molecular weight excluding hydrogens is 322 g/mol. The summed E-state index contributed by atoms with van der Waals surface area (Å²) in [4.78, 5) is 0. The predicted molar refractivity (Wildman–Crippen MR) is 92.7 cm³/mol. The van der Waals surface area contributed by atoms with Crippen LogP contribution in [0, 0.1) is 0 Å². The van der Waals surface area contributed by atoms with Crippen molar-refractivity contribution in [3.8, 4) is 0 Å². The fourth-order valence-electron chi connectivity index (χ4n) is 3.50. The lowest BCUT2D eigenvalue weighted by molar-refractivity contribution is 0.440. The van der Waals surface area contributed by atoms with Crippen LogP contribution in [0.25, 0.3) is 0 Å². The van der Waals surface area contributed by atoms with Crippen molar-refractivity contribution in [1.29, 1.82) is 0 Å². The molecule has 21 heavy (non-hydrogen) atoms. The molecule has 0 spiro atoms. The van der Waals surface area contributed by atoms with Gasteiger partial charge in [-0.2, -0.15) is 0 Å². The summed E-state index contributed by atoms with van der Waals surface area (Å²) in [7, 11) is 2.07. The van der Waals surface area contributed by atoms with E-state index in [1.54, 1.807) is 11.1 Å². The predicted octanol–water partition coefficient (Wildman–Crippen LogP) is 5.22. The van der Waals surface area contributed by atoms with Gasteiger partial charge in [0.25, 0.3) is 0 Å². The molecule has 0 amide bonds. The van der Waals surface area contributed by atoms with Crippen LogP contribution in [0.4, 0.5) is 0 Å². The van der Waals surface area contributed by atoms with Crippen molar-refractivity contribution >= 4 is 15.9 Å². The number of hydrogen-bond acceptors (Lipinski definition) is 1. The average molecular weight is 344 g/mol. The summed E-state index contributed by atoms with van der Waals surface area (Å²) in [6, 6.07) is 18.1. The minimum atomic E-state index is 0.425. The van der Waals surface area contributed by atoms with Gasteiger partial charge < -0.3 is 5.32 Å². The highest BCUT2D eigenvalue weighted by Crippen LogP contribution is 2.37. The summed E-state index contributed by atoms with van der Waals surface area (Å²) in [5.41, 5.74) is 4.50. The highest BCUT2D eigenvalue weighted by atomic mass is 79.9. The third kappa shape index (κ3) is 3.38. The summed E-state index contributed by atoms with van der Waals surface area (Å²) < 4.78 is 1.14. The van der Waals surface area contributed by atoms with E-state index in [1.807, 2.05) is 0 Å². The van der Waals surface area contributed by atoms with Gasteiger partial charge >= 0.3 is 0 Å². The van der Waals surface area contributed by atoms with Crippen LogP contribution in [0.15, 0.2) is 53.0 Å². The van der Waals surface area contributed by atoms with Gasteiger partial charge in [0.05, 0.1) is 0 Å². The first-order valence-corrected chi connectivity index (χ1v) is 8.58. The molecule has 0 saturated carbocycles. The molecule has 0 radical (unpaired) electrons. The Hall–Kier alpha value is -1.12. The molecular formula is C19H22BrN. The van der Waals surface area contributed by atoms with Crippen LogP contribution in [0.2, 0.25) is 0 Å². The second kappa shape index (κ2) is 6.76. The Morgan fingerprint density at radius 1 is 1.14 bits per heavy atom. The lowest BCUT2D eigenvalue weighted by Crippen LogP contribution is -2.21. The van der Waals surface area contributed by atoms with E-state index in [0.29, 0.717) is 12.0 Å². The largest absolute Gasteiger partial charge is 0.313 e. The molecule has 1 N–H and O–H groups in total. The highest BCUT2D eigenvalue weighted by Gasteiger charge is 2.23. The Morgan fingerprint density at radius 3 is 2.67 bits per heavy atom. The van der Waals surface area contributed by atoms with Gasteiger partial charge in [-0.25, -0.2) is 0 Å². The zero-order chi connectivity index (χ0) is 14.7. The van der Waals surface area contributed by atoms with Crippen LogP contribution in [0.1, 0.15) is 47.9 Å². The number of hydrogen-bond donors (Lipinski definition) is 1. The van der Waals surface area contributed by atoms with E-state index >= 15 is 0 Å². The molecule has 2 aromatic rings. The van der Waals surface area contributed by atoms with Gasteiger partial charge in [-0.3, -0.25) is 0 Å². The summed E-state index contributed by atoms with van der Waals surface area (Å²) in [6.45, 7) is 0. The molecule has 0 aliphatic heterocycles. The average Bonchev–Trinajstić information content (AvgIpc) is 2.54. The molecule has 0 fully saturated rings. The van der Waals surface area contributed by atoms with Gasteiger partial charge in [0.2, 0.25) is 0 Å². The maximum atomic E-state index is 3.52. The molecule has 0 bridgehead atoms. The second-order valence-electron chi connectivity index (χ2n) is 5.92. The van der Waals surface area contributed by atoms with Crippen molar-refractivity contribution in [2.24, 2.45) is 0 Å². The quantitative estimate of drug-likeness (QED) is 0.802. The molecule has 2 atom stereocenters. The normalized spacial score (nSPS) is 19.0. The molecule has 2 heteroatoms. The SMILES string of the molecule is CNC(CC1CCCc2ccccc21)c1ccc(Br)cc1. The lowest BCUT2D eigenvalue weighted by atomic mass is 9.79. The lowest BCUT2D eigenvalue weighted by Gasteiger charge is -2.29. The first kappa shape index (κ1) is 14.8. The van der Waals surface area contributed by atoms with Gasteiger partial charge in [-0.1, -0.05) is 52.3 Å². The molecule has 0 aromatic heterocycles. The maximum absolute atomic E-state index is 3.52. The van der Waals surface area contributed by atoms with E-state index in [0.717, 1.165) is 4.47 Å². The molecule has 1 aliphatic carbocycles. The molecule has 0 saturated heterocycles. The monoisotopic (exact) mass is 343 g/mol. The zero-order valence-electron chi connectivity index (χ0n) is 12.5. The zero-order valence-corrected chi connectivity index (χ0v) is 14.1. The molecule has 2 unspecified atom stereocenters. The van der Waals surface area contributed by atoms with Gasteiger partial charge in [0, 0.05) is 10.5 Å². The minimum Gasteiger partial charge on any atom is -0.313 e. The molecule has 110 valence electrons. The fourth-order valence-corrected chi connectivity index (χ4v) is 3.76. The van der Waals surface area contributed by atoms with Crippen LogP contribution < -0.4 is 5.32 Å². The topological polar surface area (TPSA) is 12.0 Å². The first-order chi connectivity index (χ1) is 10.3. The Labute approximate surface area is 135 Å². The summed E-state index contributed by atoms with van der Waals surface area (Å²) in [6.07, 6.45) is 5.05. The fraction of sp³-hybridized carbons (Fsp3) is 0.368. The van der Waals surface area contributed by atoms with E-state index in [2.05, 4.69) is 76.8 Å². The Kier molecular flexibility index (Phi) is 4.77. The Bertz CT molecular complexity index is 591. The molecule has 3 rings (SSSR count). The number of nitrogens with one attached hydrogen (secondary N) is 1. The number of benzene rings is 2. The van der Waals surface area contributed by atoms with Gasteiger partial charge in [-0.15, -0.1) is 0 Å². The Morgan fingerprint density at radius 2 is 1.90 bits per heavy atom. The number of fused-ring (bicyclic) bond motifs is 1. The van der Waals surface area contributed by atoms with Crippen LogP contribution in [-0.4, -0.2) is 7.05 Å². The number of rotatable bonds is 4. The van der Waals surface area contributed by atoms with Crippen molar-refractivity contribution in [2.75, 3.05) is 7.05 Å². The third-order valence-corrected chi connectivity index (χ3v) is 5.16. The van der Waals surface area contributed by atoms with Crippen LogP contribution in [-0.2, 0) is 6.42 Å². The molecule has 0 heterocycles. The van der Waals surface area contributed by atoms with Gasteiger partial charge in [0.1, 0.15) is 0 Å². The summed E-state index contributed by atoms with van der Waals surface area (Å²) >= 11 is 3.52. The second-order valence-corrected chi connectivity index (χ2v) is 6.83. The van der Waals surface area contributed by atoms with Crippen LogP contribution in [0.3, 0.4) is 0 Å². The van der Waals surface area contributed by atoms with Crippen molar-refractivity contribution < 1.29 is 0 Å². The van der Waals surface area contributed by atoms with Crippen LogP contribution >= 0.6 is 15.9 Å². The van der Waals surface area contributed by atoms with Gasteiger partial charge in [0.15, 0.2) is 0 Å². The Balaban J connectivity index is 1.80. The molecule has 2 aromatic carbocycles. The number of halogens is 1. The van der Waals surface area contributed by atoms with Crippen molar-refractivity contribution in [3.05, 3.63) is 69.7 Å². The number of aryl methyl sites for hydroxylation is 1. The smallest absolute Gasteiger partial charge is 0.0323 e. The van der Waals surface area contributed by atoms with E-state index in [4.69, 9.17) is 0 Å². The van der Waals surface area contributed by atoms with Crippen molar-refractivity contribution in [3.63, 3.8) is 0 Å². The van der Waals surface area contributed by atoms with Crippen molar-refractivity contribution in [1.82, 2.24) is 5.32 Å². The summed E-state index contributed by atoms with van der Waals surface area (Å²) in [5.74, 6) is 0.677. The molecule has 1 nitrogen and oxygen atoms in total. The summed E-state index contributed by atoms with van der Waals surface area (Å²) in [5, 5.41) is 3.50. The van der Waals surface area contributed by atoms with Crippen molar-refractivity contribution in [2.45, 2.75) is 37.6 Å². The van der Waals surface area contributed by atoms with E-state index in [9.17, 15) is 0 Å². The molecule has 1 aliphatic rings. The standard InChI is InChI=1S/C19H22BrN/c1-21-19(15-9-11-17(20)12-10-15)13-16-7-4-6-14-5-2-3-8-18(14)16/h2-3,5,8-12,16,19,21H,4,6-7,13H2,1H3. The highest BCUT2D eigenvalue weighted by molar-refractivity contribution is 9.10. The third-order valence-electron chi connectivity index (χ3n) is 4.63. The van der Waals surface area contributed by atoms with E-state index < -0.39 is 0 Å². The van der Waals surface area contributed by atoms with Gasteiger partial charge in [-0.05, 0) is 67.5 Å². The minimum absolute atomic E-state index is 0.425. The van der Waals surface area contributed by atoms with Crippen LogP contribution in [0.5, 0.6) is 0 Å². The maximum Gasteiger partial charge on any atom is 0.0323 e.